The monoisotopic (exact) mass is 388 g/mol. The average molecular weight is 390 g/mol. The summed E-state index contributed by atoms with van der Waals surface area (Å²) in [6.07, 6.45) is -2.42. The summed E-state index contributed by atoms with van der Waals surface area (Å²) >= 11 is 8.73. The van der Waals surface area contributed by atoms with E-state index in [2.05, 4.69) is 15.9 Å². The summed E-state index contributed by atoms with van der Waals surface area (Å²) in [6.45, 7) is -0.646. The van der Waals surface area contributed by atoms with Crippen molar-refractivity contribution in [3.8, 4) is 0 Å². The molecule has 1 aliphatic rings. The van der Waals surface area contributed by atoms with E-state index in [0.29, 0.717) is 0 Å². The SMILES string of the molecule is Nc1c(F)c(S(=O)(=O)N2C[C@@H](O)[C@@H](O)C2)cc(Cl)c1Br. The van der Waals surface area contributed by atoms with Crippen LogP contribution in [-0.4, -0.2) is 48.2 Å². The van der Waals surface area contributed by atoms with Crippen LogP contribution >= 0.6 is 27.5 Å². The summed E-state index contributed by atoms with van der Waals surface area (Å²) in [7, 11) is -4.24. The van der Waals surface area contributed by atoms with Gasteiger partial charge in [0, 0.05) is 13.1 Å². The maximum atomic E-state index is 14.0. The lowest BCUT2D eigenvalue weighted by molar-refractivity contribution is 0.0572. The Hall–Kier alpha value is -0.450. The number of nitrogen functional groups attached to an aromatic ring is 1. The highest BCUT2D eigenvalue weighted by atomic mass is 79.9. The fourth-order valence-electron chi connectivity index (χ4n) is 1.86. The second-order valence-electron chi connectivity index (χ2n) is 4.35. The first-order valence-electron chi connectivity index (χ1n) is 5.45. The number of benzene rings is 1. The molecule has 0 radical (unpaired) electrons. The molecule has 0 spiro atoms. The topological polar surface area (TPSA) is 104 Å². The van der Waals surface area contributed by atoms with Crippen LogP contribution in [0, 0.1) is 5.82 Å². The Kier molecular flexibility index (Phi) is 4.30. The van der Waals surface area contributed by atoms with Gasteiger partial charge in [-0.3, -0.25) is 0 Å². The first kappa shape index (κ1) is 15.9. The van der Waals surface area contributed by atoms with Crippen molar-refractivity contribution < 1.29 is 23.0 Å². The highest BCUT2D eigenvalue weighted by Gasteiger charge is 2.39. The highest BCUT2D eigenvalue weighted by molar-refractivity contribution is 9.10. The van der Waals surface area contributed by atoms with E-state index >= 15 is 0 Å². The van der Waals surface area contributed by atoms with Crippen LogP contribution in [0.15, 0.2) is 15.4 Å². The smallest absolute Gasteiger partial charge is 0.246 e. The van der Waals surface area contributed by atoms with Crippen LogP contribution in [0.1, 0.15) is 0 Å². The van der Waals surface area contributed by atoms with Gasteiger partial charge in [0.25, 0.3) is 0 Å². The molecule has 0 unspecified atom stereocenters. The van der Waals surface area contributed by atoms with E-state index in [1.165, 1.54) is 0 Å². The van der Waals surface area contributed by atoms with Crippen molar-refractivity contribution in [2.24, 2.45) is 0 Å². The molecule has 0 saturated carbocycles. The molecule has 0 amide bonds. The number of aliphatic hydroxyl groups excluding tert-OH is 2. The van der Waals surface area contributed by atoms with Crippen molar-refractivity contribution in [2.45, 2.75) is 17.1 Å². The summed E-state index contributed by atoms with van der Waals surface area (Å²) in [5.74, 6) is -1.13. The minimum atomic E-state index is -4.24. The lowest BCUT2D eigenvalue weighted by Gasteiger charge is -2.17. The Morgan fingerprint density at radius 2 is 1.90 bits per heavy atom. The molecule has 20 heavy (non-hydrogen) atoms. The molecular weight excluding hydrogens is 379 g/mol. The van der Waals surface area contributed by atoms with E-state index in [1.807, 2.05) is 0 Å². The van der Waals surface area contributed by atoms with Gasteiger partial charge in [-0.25, -0.2) is 12.8 Å². The number of β-amino-alcohol motifs (C(OH)–C–C–N with tert-alkyl or cyclic N) is 2. The molecule has 1 heterocycles. The molecule has 10 heteroatoms. The minimum absolute atomic E-state index is 0.0530. The average Bonchev–Trinajstić information content (AvgIpc) is 2.72. The zero-order valence-corrected chi connectivity index (χ0v) is 13.1. The van der Waals surface area contributed by atoms with Crippen LogP contribution in [0.25, 0.3) is 0 Å². The quantitative estimate of drug-likeness (QED) is 0.506. The van der Waals surface area contributed by atoms with Crippen molar-refractivity contribution in [2.75, 3.05) is 18.8 Å². The molecule has 2 rings (SSSR count). The first-order valence-corrected chi connectivity index (χ1v) is 8.06. The van der Waals surface area contributed by atoms with Crippen molar-refractivity contribution in [3.05, 3.63) is 21.4 Å². The summed E-state index contributed by atoms with van der Waals surface area (Å²) < 4.78 is 39.5. The number of anilines is 1. The van der Waals surface area contributed by atoms with E-state index in [1.54, 1.807) is 0 Å². The molecule has 0 aliphatic carbocycles. The maximum absolute atomic E-state index is 14.0. The van der Waals surface area contributed by atoms with Crippen molar-refractivity contribution in [1.82, 2.24) is 4.31 Å². The van der Waals surface area contributed by atoms with Gasteiger partial charge in [-0.15, -0.1) is 0 Å². The number of hydrogen-bond donors (Lipinski definition) is 3. The van der Waals surface area contributed by atoms with E-state index in [9.17, 15) is 23.0 Å². The molecule has 1 aromatic carbocycles. The van der Waals surface area contributed by atoms with Crippen LogP contribution in [0.5, 0.6) is 0 Å². The largest absolute Gasteiger partial charge is 0.395 e. The van der Waals surface area contributed by atoms with Gasteiger partial charge in [-0.2, -0.15) is 4.31 Å². The maximum Gasteiger partial charge on any atom is 0.246 e. The third-order valence-corrected chi connectivity index (χ3v) is 6.21. The third-order valence-electron chi connectivity index (χ3n) is 3.00. The fraction of sp³-hybridized carbons (Fsp3) is 0.400. The molecule has 112 valence electrons. The molecule has 1 aliphatic heterocycles. The Bertz CT molecular complexity index is 647. The number of nitrogens with two attached hydrogens (primary N) is 1. The molecule has 4 N–H and O–H groups in total. The lowest BCUT2D eigenvalue weighted by Crippen LogP contribution is -2.30. The van der Waals surface area contributed by atoms with Crippen LogP contribution < -0.4 is 5.73 Å². The minimum Gasteiger partial charge on any atom is -0.395 e. The molecule has 6 nitrogen and oxygen atoms in total. The number of hydrogen-bond acceptors (Lipinski definition) is 5. The number of aliphatic hydroxyl groups is 2. The second-order valence-corrected chi connectivity index (χ2v) is 7.46. The van der Waals surface area contributed by atoms with Crippen molar-refractivity contribution in [3.63, 3.8) is 0 Å². The zero-order valence-electron chi connectivity index (χ0n) is 9.92. The van der Waals surface area contributed by atoms with Gasteiger partial charge in [0.1, 0.15) is 4.90 Å². The number of rotatable bonds is 2. The number of nitrogens with zero attached hydrogens (tertiary/aromatic N) is 1. The van der Waals surface area contributed by atoms with E-state index in [4.69, 9.17) is 17.3 Å². The van der Waals surface area contributed by atoms with Gasteiger partial charge in [0.05, 0.1) is 27.4 Å². The summed E-state index contributed by atoms with van der Waals surface area (Å²) in [5.41, 5.74) is 5.03. The molecule has 2 atom stereocenters. The Labute approximate surface area is 128 Å². The summed E-state index contributed by atoms with van der Waals surface area (Å²) in [5, 5.41) is 18.7. The lowest BCUT2D eigenvalue weighted by atomic mass is 10.3. The van der Waals surface area contributed by atoms with E-state index < -0.39 is 38.6 Å². The van der Waals surface area contributed by atoms with E-state index in [-0.39, 0.29) is 22.6 Å². The third kappa shape index (κ3) is 2.53. The molecule has 0 aromatic heterocycles. The Morgan fingerprint density at radius 3 is 2.40 bits per heavy atom. The van der Waals surface area contributed by atoms with Gasteiger partial charge in [0.2, 0.25) is 10.0 Å². The summed E-state index contributed by atoms with van der Waals surface area (Å²) in [4.78, 5) is -0.690. The predicted octanol–water partition coefficient (Wildman–Crippen LogP) is 0.550. The van der Waals surface area contributed by atoms with Crippen LogP contribution in [0.4, 0.5) is 10.1 Å². The van der Waals surface area contributed by atoms with Gasteiger partial charge in [-0.05, 0) is 22.0 Å². The van der Waals surface area contributed by atoms with Crippen LogP contribution in [-0.2, 0) is 10.0 Å². The summed E-state index contributed by atoms with van der Waals surface area (Å²) in [6, 6.07) is 0.934. The van der Waals surface area contributed by atoms with Gasteiger partial charge < -0.3 is 15.9 Å². The van der Waals surface area contributed by atoms with Crippen LogP contribution in [0.3, 0.4) is 0 Å². The van der Waals surface area contributed by atoms with Gasteiger partial charge in [-0.1, -0.05) is 11.6 Å². The number of sulfonamides is 1. The molecule has 1 aromatic rings. The Morgan fingerprint density at radius 1 is 1.40 bits per heavy atom. The number of halogens is 3. The predicted molar refractivity (Wildman–Crippen MR) is 74.3 cm³/mol. The fourth-order valence-corrected chi connectivity index (χ4v) is 4.00. The Balaban J connectivity index is 2.51. The second kappa shape index (κ2) is 5.39. The molecular formula is C10H11BrClFN2O4S. The first-order chi connectivity index (χ1) is 9.16. The molecule has 1 saturated heterocycles. The highest BCUT2D eigenvalue weighted by Crippen LogP contribution is 2.36. The molecule has 1 fully saturated rings. The standard InChI is InChI=1S/C10H11BrClFN2O4S/c11-8-4(12)1-7(9(13)10(8)14)20(18,19)15-2-5(16)6(17)3-15/h1,5-6,16-17H,2-3,14H2/t5-,6+. The normalized spacial score (nSPS) is 24.2. The zero-order chi connectivity index (χ0) is 15.2. The van der Waals surface area contributed by atoms with E-state index in [0.717, 1.165) is 10.4 Å². The van der Waals surface area contributed by atoms with Crippen molar-refractivity contribution in [1.29, 1.82) is 0 Å². The van der Waals surface area contributed by atoms with Crippen molar-refractivity contribution >= 4 is 43.2 Å². The molecule has 0 bridgehead atoms. The van der Waals surface area contributed by atoms with Gasteiger partial charge >= 0.3 is 0 Å². The van der Waals surface area contributed by atoms with Gasteiger partial charge in [0.15, 0.2) is 5.82 Å². The van der Waals surface area contributed by atoms with Crippen LogP contribution in [0.2, 0.25) is 5.02 Å².